The fourth-order valence-corrected chi connectivity index (χ4v) is 2.73. The van der Waals surface area contributed by atoms with Crippen LogP contribution in [-0.4, -0.2) is 28.3 Å². The van der Waals surface area contributed by atoms with Crippen LogP contribution in [0.5, 0.6) is 0 Å². The van der Waals surface area contributed by atoms with Gasteiger partial charge in [0.15, 0.2) is 0 Å². The van der Waals surface area contributed by atoms with E-state index in [9.17, 15) is 4.79 Å². The Hall–Kier alpha value is -1.68. The number of carbonyl (C=O) groups is 1. The van der Waals surface area contributed by atoms with Crippen LogP contribution in [-0.2, 0) is 4.79 Å². The van der Waals surface area contributed by atoms with E-state index in [4.69, 9.17) is 11.6 Å². The molecule has 1 unspecified atom stereocenters. The third-order valence-electron chi connectivity index (χ3n) is 3.79. The number of nitrogens with zero attached hydrogens (tertiary/aromatic N) is 3. The molecule has 1 saturated heterocycles. The summed E-state index contributed by atoms with van der Waals surface area (Å²) in [4.78, 5) is 22.9. The lowest BCUT2D eigenvalue weighted by molar-refractivity contribution is -0.117. The molecule has 1 aliphatic heterocycles. The summed E-state index contributed by atoms with van der Waals surface area (Å²) >= 11 is 5.86. The lowest BCUT2D eigenvalue weighted by Crippen LogP contribution is -2.24. The summed E-state index contributed by atoms with van der Waals surface area (Å²) in [5.74, 6) is 0.894. The molecule has 5 heteroatoms. The molecule has 3 rings (SSSR count). The quantitative estimate of drug-likeness (QED) is 0.799. The van der Waals surface area contributed by atoms with Crippen molar-refractivity contribution in [2.24, 2.45) is 5.92 Å². The molecule has 20 heavy (non-hydrogen) atoms. The summed E-state index contributed by atoms with van der Waals surface area (Å²) in [5.41, 5.74) is 4.42. The first-order valence-electron chi connectivity index (χ1n) is 6.70. The number of halogens is 1. The Balaban J connectivity index is 2.01. The van der Waals surface area contributed by atoms with E-state index >= 15 is 0 Å². The average Bonchev–Trinajstić information content (AvgIpc) is 2.81. The van der Waals surface area contributed by atoms with Gasteiger partial charge in [0, 0.05) is 24.5 Å². The number of amides is 1. The first-order chi connectivity index (χ1) is 9.58. The number of anilines is 1. The molecule has 0 saturated carbocycles. The third-order valence-corrected chi connectivity index (χ3v) is 4.23. The van der Waals surface area contributed by atoms with Crippen LogP contribution >= 0.6 is 11.6 Å². The molecule has 1 aromatic heterocycles. The minimum absolute atomic E-state index is 0.131. The highest BCUT2D eigenvalue weighted by Crippen LogP contribution is 2.27. The maximum atomic E-state index is 12.0. The van der Waals surface area contributed by atoms with Crippen LogP contribution in [0.25, 0.3) is 11.0 Å². The highest BCUT2D eigenvalue weighted by molar-refractivity contribution is 6.18. The molecule has 1 aliphatic rings. The highest BCUT2D eigenvalue weighted by atomic mass is 35.5. The Morgan fingerprint density at radius 2 is 1.95 bits per heavy atom. The molecule has 104 valence electrons. The van der Waals surface area contributed by atoms with Gasteiger partial charge < -0.3 is 4.90 Å². The molecule has 0 N–H and O–H groups in total. The molecule has 1 amide bonds. The van der Waals surface area contributed by atoms with Gasteiger partial charge in [-0.2, -0.15) is 0 Å². The minimum Gasteiger partial charge on any atom is -0.312 e. The largest absolute Gasteiger partial charge is 0.312 e. The Bertz CT molecular complexity index is 686. The molecular formula is C15H16ClN3O. The van der Waals surface area contributed by atoms with Gasteiger partial charge in [0.1, 0.15) is 0 Å². The first kappa shape index (κ1) is 13.3. The summed E-state index contributed by atoms with van der Waals surface area (Å²) in [7, 11) is 0. The third kappa shape index (κ3) is 2.24. The van der Waals surface area contributed by atoms with Gasteiger partial charge in [-0.15, -0.1) is 11.6 Å². The fourth-order valence-electron chi connectivity index (χ4n) is 2.52. The van der Waals surface area contributed by atoms with Crippen molar-refractivity contribution < 1.29 is 4.79 Å². The number of benzene rings is 1. The van der Waals surface area contributed by atoms with Gasteiger partial charge in [0.2, 0.25) is 5.91 Å². The molecule has 0 aliphatic carbocycles. The highest BCUT2D eigenvalue weighted by Gasteiger charge is 2.30. The van der Waals surface area contributed by atoms with Gasteiger partial charge in [-0.05, 0) is 38.0 Å². The monoisotopic (exact) mass is 289 g/mol. The van der Waals surface area contributed by atoms with Gasteiger partial charge >= 0.3 is 0 Å². The second-order valence-corrected chi connectivity index (χ2v) is 5.60. The van der Waals surface area contributed by atoms with Gasteiger partial charge in [-0.3, -0.25) is 4.79 Å². The SMILES string of the molecule is Cc1nc2ccc(N3CC(CCl)CC3=O)cc2nc1C. The van der Waals surface area contributed by atoms with E-state index in [1.165, 1.54) is 0 Å². The van der Waals surface area contributed by atoms with Crippen molar-refractivity contribution in [2.45, 2.75) is 20.3 Å². The van der Waals surface area contributed by atoms with E-state index in [0.29, 0.717) is 18.8 Å². The molecule has 1 fully saturated rings. The molecule has 0 radical (unpaired) electrons. The number of fused-ring (bicyclic) bond motifs is 1. The lowest BCUT2D eigenvalue weighted by atomic mass is 10.1. The minimum atomic E-state index is 0.131. The molecule has 1 atom stereocenters. The van der Waals surface area contributed by atoms with E-state index in [0.717, 1.165) is 28.1 Å². The maximum Gasteiger partial charge on any atom is 0.227 e. The number of hydrogen-bond donors (Lipinski definition) is 0. The number of carbonyl (C=O) groups excluding carboxylic acids is 1. The zero-order valence-electron chi connectivity index (χ0n) is 11.6. The number of aryl methyl sites for hydroxylation is 2. The number of aromatic nitrogens is 2. The van der Waals surface area contributed by atoms with E-state index in [2.05, 4.69) is 9.97 Å². The van der Waals surface area contributed by atoms with Crippen LogP contribution < -0.4 is 4.90 Å². The van der Waals surface area contributed by atoms with Crippen LogP contribution in [0.2, 0.25) is 0 Å². The smallest absolute Gasteiger partial charge is 0.227 e. The van der Waals surface area contributed by atoms with Crippen molar-refractivity contribution in [3.8, 4) is 0 Å². The van der Waals surface area contributed by atoms with Gasteiger partial charge in [0.05, 0.1) is 22.4 Å². The normalized spacial score (nSPS) is 19.1. The van der Waals surface area contributed by atoms with Crippen LogP contribution in [0.3, 0.4) is 0 Å². The van der Waals surface area contributed by atoms with Crippen LogP contribution in [0.15, 0.2) is 18.2 Å². The molecule has 2 aromatic rings. The Morgan fingerprint density at radius 1 is 1.25 bits per heavy atom. The predicted octanol–water partition coefficient (Wildman–Crippen LogP) is 2.84. The first-order valence-corrected chi connectivity index (χ1v) is 7.23. The molecule has 0 bridgehead atoms. The van der Waals surface area contributed by atoms with Gasteiger partial charge in [-0.25, -0.2) is 9.97 Å². The van der Waals surface area contributed by atoms with Crippen molar-refractivity contribution >= 4 is 34.2 Å². The molecule has 4 nitrogen and oxygen atoms in total. The number of rotatable bonds is 2. The van der Waals surface area contributed by atoms with Crippen molar-refractivity contribution in [1.29, 1.82) is 0 Å². The van der Waals surface area contributed by atoms with Crippen LogP contribution in [0.4, 0.5) is 5.69 Å². The number of hydrogen-bond acceptors (Lipinski definition) is 3. The zero-order valence-corrected chi connectivity index (χ0v) is 12.3. The van der Waals surface area contributed by atoms with E-state index in [1.54, 1.807) is 4.90 Å². The topological polar surface area (TPSA) is 46.1 Å². The second-order valence-electron chi connectivity index (χ2n) is 5.30. The lowest BCUT2D eigenvalue weighted by Gasteiger charge is -2.17. The molecule has 2 heterocycles. The fraction of sp³-hybridized carbons (Fsp3) is 0.400. The standard InChI is InChI=1S/C15H16ClN3O/c1-9-10(2)18-14-6-12(3-4-13(14)17-9)19-8-11(7-16)5-15(19)20/h3-4,6,11H,5,7-8H2,1-2H3. The summed E-state index contributed by atoms with van der Waals surface area (Å²) in [6, 6.07) is 5.79. The zero-order chi connectivity index (χ0) is 14.3. The second kappa shape index (κ2) is 5.02. The van der Waals surface area contributed by atoms with E-state index in [1.807, 2.05) is 32.0 Å². The maximum absolute atomic E-state index is 12.0. The number of alkyl halides is 1. The van der Waals surface area contributed by atoms with E-state index < -0.39 is 0 Å². The van der Waals surface area contributed by atoms with E-state index in [-0.39, 0.29) is 11.8 Å². The summed E-state index contributed by atoms with van der Waals surface area (Å²) < 4.78 is 0. The summed E-state index contributed by atoms with van der Waals surface area (Å²) in [6.07, 6.45) is 0.528. The Kier molecular flexibility index (Phi) is 3.34. The van der Waals surface area contributed by atoms with Crippen molar-refractivity contribution in [3.63, 3.8) is 0 Å². The molecular weight excluding hydrogens is 274 g/mol. The van der Waals surface area contributed by atoms with Gasteiger partial charge in [0.25, 0.3) is 0 Å². The predicted molar refractivity (Wildman–Crippen MR) is 80.2 cm³/mol. The van der Waals surface area contributed by atoms with Crippen molar-refractivity contribution in [2.75, 3.05) is 17.3 Å². The Labute approximate surface area is 122 Å². The van der Waals surface area contributed by atoms with Gasteiger partial charge in [-0.1, -0.05) is 0 Å². The summed E-state index contributed by atoms with van der Waals surface area (Å²) in [5, 5.41) is 0. The molecule has 0 spiro atoms. The van der Waals surface area contributed by atoms with Crippen molar-refractivity contribution in [3.05, 3.63) is 29.6 Å². The molecule has 1 aromatic carbocycles. The summed E-state index contributed by atoms with van der Waals surface area (Å²) in [6.45, 7) is 4.58. The average molecular weight is 290 g/mol. The Morgan fingerprint density at radius 3 is 2.60 bits per heavy atom. The van der Waals surface area contributed by atoms with Crippen LogP contribution in [0, 0.1) is 19.8 Å². The van der Waals surface area contributed by atoms with Crippen LogP contribution in [0.1, 0.15) is 17.8 Å². The van der Waals surface area contributed by atoms with Crippen molar-refractivity contribution in [1.82, 2.24) is 9.97 Å².